The summed E-state index contributed by atoms with van der Waals surface area (Å²) < 4.78 is 31.0. The van der Waals surface area contributed by atoms with Gasteiger partial charge in [0.15, 0.2) is 5.83 Å². The van der Waals surface area contributed by atoms with Crippen LogP contribution in [0.15, 0.2) is 48.8 Å². The van der Waals surface area contributed by atoms with Crippen molar-refractivity contribution in [3.8, 4) is 12.1 Å². The summed E-state index contributed by atoms with van der Waals surface area (Å²) in [5.41, 5.74) is 2.68. The first-order valence-corrected chi connectivity index (χ1v) is 16.1. The standard InChI is InChI=1S/C34H39ClFN7O4/c1-23(36)32(44)43-15-14-42(18-25(43)10-12-37)31-26-11-13-41(29-9-5-7-24-6-4-8-27(35)30(24)29)19-28(26)38-33(39-31)47-17-16-40(2)34(20-45-3)21-46-22-34/h4-9,25H,1,10-11,13-22H2,2-3H3/t25-/m0/s1. The Morgan fingerprint density at radius 3 is 2.70 bits per heavy atom. The minimum atomic E-state index is -1.03. The van der Waals surface area contributed by atoms with Gasteiger partial charge in [0, 0.05) is 56.5 Å². The Labute approximate surface area is 279 Å². The topological polar surface area (TPSA) is 107 Å². The monoisotopic (exact) mass is 663 g/mol. The molecule has 3 aromatic rings. The first-order valence-electron chi connectivity index (χ1n) is 15.7. The molecule has 13 heteroatoms. The number of fused-ring (bicyclic) bond motifs is 2. The average molecular weight is 664 g/mol. The molecule has 6 rings (SSSR count). The fraction of sp³-hybridized carbons (Fsp3) is 0.471. The Morgan fingerprint density at radius 1 is 1.21 bits per heavy atom. The maximum Gasteiger partial charge on any atom is 0.318 e. The smallest absolute Gasteiger partial charge is 0.318 e. The van der Waals surface area contributed by atoms with Crippen molar-refractivity contribution in [2.24, 2.45) is 0 Å². The van der Waals surface area contributed by atoms with Gasteiger partial charge in [-0.15, -0.1) is 0 Å². The first-order chi connectivity index (χ1) is 22.7. The number of piperazine rings is 1. The fourth-order valence-corrected chi connectivity index (χ4v) is 7.02. The number of rotatable bonds is 11. The molecule has 3 aliphatic heterocycles. The van der Waals surface area contributed by atoms with Gasteiger partial charge in [0.05, 0.1) is 61.2 Å². The van der Waals surface area contributed by atoms with Crippen LogP contribution in [0.5, 0.6) is 6.01 Å². The number of halogens is 2. The summed E-state index contributed by atoms with van der Waals surface area (Å²) in [7, 11) is 3.71. The molecule has 0 spiro atoms. The summed E-state index contributed by atoms with van der Waals surface area (Å²) in [6, 6.07) is 14.0. The van der Waals surface area contributed by atoms with Gasteiger partial charge in [-0.2, -0.15) is 15.2 Å². The van der Waals surface area contributed by atoms with E-state index in [2.05, 4.69) is 45.5 Å². The van der Waals surface area contributed by atoms with Crippen molar-refractivity contribution in [3.05, 3.63) is 65.1 Å². The number of nitriles is 1. The summed E-state index contributed by atoms with van der Waals surface area (Å²) >= 11 is 6.70. The SMILES string of the molecule is C=C(F)C(=O)N1CCN(c2nc(OCCN(C)C3(COC)COC3)nc3c2CCN(c2cccc4cccc(Cl)c24)C3)C[C@@H]1CC#N. The van der Waals surface area contributed by atoms with Gasteiger partial charge in [-0.3, -0.25) is 9.69 Å². The van der Waals surface area contributed by atoms with Gasteiger partial charge >= 0.3 is 6.01 Å². The van der Waals surface area contributed by atoms with Crippen molar-refractivity contribution in [3.63, 3.8) is 0 Å². The van der Waals surface area contributed by atoms with Crippen LogP contribution in [0.1, 0.15) is 17.7 Å². The average Bonchev–Trinajstić information content (AvgIpc) is 3.05. The van der Waals surface area contributed by atoms with E-state index in [1.807, 2.05) is 25.2 Å². The predicted molar refractivity (Wildman–Crippen MR) is 177 cm³/mol. The Morgan fingerprint density at radius 2 is 2.00 bits per heavy atom. The highest BCUT2D eigenvalue weighted by atomic mass is 35.5. The maximum atomic E-state index is 13.9. The highest BCUT2D eigenvalue weighted by Crippen LogP contribution is 2.37. The number of aromatic nitrogens is 2. The molecule has 4 heterocycles. The lowest BCUT2D eigenvalue weighted by atomic mass is 9.97. The number of amides is 1. The predicted octanol–water partition coefficient (Wildman–Crippen LogP) is 3.99. The van der Waals surface area contributed by atoms with Gasteiger partial charge in [-0.25, -0.2) is 4.39 Å². The Bertz CT molecular complexity index is 1690. The Balaban J connectivity index is 1.30. The number of anilines is 2. The van der Waals surface area contributed by atoms with E-state index in [1.54, 1.807) is 7.11 Å². The van der Waals surface area contributed by atoms with Crippen molar-refractivity contribution in [2.75, 3.05) is 83.1 Å². The molecular formula is C34H39ClFN7O4. The van der Waals surface area contributed by atoms with Crippen LogP contribution >= 0.6 is 11.6 Å². The number of hydrogen-bond donors (Lipinski definition) is 0. The summed E-state index contributed by atoms with van der Waals surface area (Å²) in [6.07, 6.45) is 0.721. The molecule has 0 N–H and O–H groups in total. The van der Waals surface area contributed by atoms with Gasteiger partial charge in [0.25, 0.3) is 5.91 Å². The number of hydrogen-bond acceptors (Lipinski definition) is 10. The number of methoxy groups -OCH3 is 1. The molecule has 0 bridgehead atoms. The van der Waals surface area contributed by atoms with E-state index < -0.39 is 17.8 Å². The molecule has 1 aromatic heterocycles. The number of benzene rings is 2. The van der Waals surface area contributed by atoms with Crippen LogP contribution in [0.4, 0.5) is 15.9 Å². The molecule has 0 radical (unpaired) electrons. The molecule has 0 saturated carbocycles. The second-order valence-electron chi connectivity index (χ2n) is 12.3. The minimum absolute atomic E-state index is 0.0566. The molecule has 1 atom stereocenters. The first kappa shape index (κ1) is 32.9. The molecule has 0 aliphatic carbocycles. The summed E-state index contributed by atoms with van der Waals surface area (Å²) in [5.74, 6) is -1.10. The van der Waals surface area contributed by atoms with Crippen LogP contribution in [-0.4, -0.2) is 111 Å². The zero-order valence-electron chi connectivity index (χ0n) is 26.8. The molecule has 2 saturated heterocycles. The van der Waals surface area contributed by atoms with Crippen molar-refractivity contribution in [1.82, 2.24) is 19.8 Å². The zero-order valence-corrected chi connectivity index (χ0v) is 27.5. The van der Waals surface area contributed by atoms with Crippen LogP contribution in [0.25, 0.3) is 10.8 Å². The highest BCUT2D eigenvalue weighted by molar-refractivity contribution is 6.36. The fourth-order valence-electron chi connectivity index (χ4n) is 6.74. The zero-order chi connectivity index (χ0) is 33.1. The van der Waals surface area contributed by atoms with E-state index in [0.29, 0.717) is 76.4 Å². The van der Waals surface area contributed by atoms with E-state index >= 15 is 0 Å². The lowest BCUT2D eigenvalue weighted by Crippen LogP contribution is -2.64. The number of ether oxygens (including phenoxy) is 3. The third-order valence-corrected chi connectivity index (χ3v) is 9.73. The normalized spacial score (nSPS) is 18.9. The van der Waals surface area contributed by atoms with Gasteiger partial charge in [-0.1, -0.05) is 42.4 Å². The van der Waals surface area contributed by atoms with Gasteiger partial charge in [-0.05, 0) is 31.0 Å². The van der Waals surface area contributed by atoms with Crippen LogP contribution in [0.2, 0.25) is 5.02 Å². The molecule has 11 nitrogen and oxygen atoms in total. The number of likely N-dealkylation sites (N-methyl/N-ethyl adjacent to an activating group) is 1. The van der Waals surface area contributed by atoms with Crippen molar-refractivity contribution in [1.29, 1.82) is 5.26 Å². The second kappa shape index (κ2) is 14.0. The van der Waals surface area contributed by atoms with Crippen molar-refractivity contribution >= 4 is 39.8 Å². The Hall–Kier alpha value is -4.02. The quantitative estimate of drug-likeness (QED) is 0.280. The molecule has 248 valence electrons. The summed E-state index contributed by atoms with van der Waals surface area (Å²) in [6.45, 7) is 8.09. The number of carbonyl (C=O) groups excluding carboxylic acids is 1. The minimum Gasteiger partial charge on any atom is -0.462 e. The molecular weight excluding hydrogens is 625 g/mol. The van der Waals surface area contributed by atoms with E-state index in [4.69, 9.17) is 35.8 Å². The van der Waals surface area contributed by atoms with E-state index in [9.17, 15) is 14.4 Å². The molecule has 2 aromatic carbocycles. The van der Waals surface area contributed by atoms with Gasteiger partial charge < -0.3 is 28.9 Å². The molecule has 3 aliphatic rings. The summed E-state index contributed by atoms with van der Waals surface area (Å²) in [5, 5.41) is 12.3. The van der Waals surface area contributed by atoms with Gasteiger partial charge in [0.1, 0.15) is 12.4 Å². The largest absolute Gasteiger partial charge is 0.462 e. The van der Waals surface area contributed by atoms with Crippen LogP contribution in [0.3, 0.4) is 0 Å². The number of nitrogens with zero attached hydrogens (tertiary/aromatic N) is 7. The van der Waals surface area contributed by atoms with E-state index in [1.165, 1.54) is 4.90 Å². The second-order valence-corrected chi connectivity index (χ2v) is 12.7. The molecule has 47 heavy (non-hydrogen) atoms. The highest BCUT2D eigenvalue weighted by Gasteiger charge is 2.42. The van der Waals surface area contributed by atoms with Gasteiger partial charge in [0.2, 0.25) is 0 Å². The van der Waals surface area contributed by atoms with E-state index in [-0.39, 0.29) is 24.5 Å². The third-order valence-electron chi connectivity index (χ3n) is 9.42. The molecule has 2 fully saturated rings. The molecule has 0 unspecified atom stereocenters. The third kappa shape index (κ3) is 6.58. The summed E-state index contributed by atoms with van der Waals surface area (Å²) in [4.78, 5) is 30.3. The van der Waals surface area contributed by atoms with E-state index in [0.717, 1.165) is 27.7 Å². The lowest BCUT2D eigenvalue weighted by Gasteiger charge is -2.47. The van der Waals surface area contributed by atoms with Crippen molar-refractivity contribution < 1.29 is 23.4 Å². The van der Waals surface area contributed by atoms with Crippen LogP contribution in [0, 0.1) is 11.3 Å². The van der Waals surface area contributed by atoms with Crippen molar-refractivity contribution in [2.45, 2.75) is 31.0 Å². The van der Waals surface area contributed by atoms with Crippen LogP contribution < -0.4 is 14.5 Å². The Kier molecular flexibility index (Phi) is 9.80. The van der Waals surface area contributed by atoms with Crippen LogP contribution in [-0.2, 0) is 27.2 Å². The lowest BCUT2D eigenvalue weighted by molar-refractivity contribution is -0.159. The number of carbonyl (C=O) groups is 1. The maximum absolute atomic E-state index is 13.9. The molecule has 1 amide bonds.